The second-order valence-corrected chi connectivity index (χ2v) is 5.42. The maximum atomic E-state index is 12.4. The van der Waals surface area contributed by atoms with E-state index in [-0.39, 0.29) is 11.3 Å². The van der Waals surface area contributed by atoms with Gasteiger partial charge in [0.1, 0.15) is 11.6 Å². The molecule has 0 radical (unpaired) electrons. The van der Waals surface area contributed by atoms with Crippen LogP contribution in [0.25, 0.3) is 0 Å². The first-order chi connectivity index (χ1) is 11.6. The highest BCUT2D eigenvalue weighted by Crippen LogP contribution is 2.23. The molecule has 3 rings (SSSR count). The van der Waals surface area contributed by atoms with Crippen LogP contribution in [0.3, 0.4) is 0 Å². The lowest BCUT2D eigenvalue weighted by Crippen LogP contribution is -2.18. The summed E-state index contributed by atoms with van der Waals surface area (Å²) >= 11 is 0. The van der Waals surface area contributed by atoms with Crippen molar-refractivity contribution in [2.24, 2.45) is 0 Å². The fourth-order valence-corrected chi connectivity index (χ4v) is 2.66. The van der Waals surface area contributed by atoms with Gasteiger partial charge in [-0.05, 0) is 37.1 Å². The Morgan fingerprint density at radius 1 is 1.17 bits per heavy atom. The van der Waals surface area contributed by atoms with Crippen molar-refractivity contribution < 1.29 is 18.3 Å². The molecule has 2 aromatic rings. The number of halogens is 2. The molecule has 126 valence electrons. The lowest BCUT2D eigenvalue weighted by molar-refractivity contribution is -0.0501. The molecule has 0 saturated carbocycles. The van der Waals surface area contributed by atoms with Gasteiger partial charge in [-0.25, -0.2) is 4.98 Å². The molecule has 1 amide bonds. The van der Waals surface area contributed by atoms with Gasteiger partial charge in [-0.3, -0.25) is 4.79 Å². The number of anilines is 2. The summed E-state index contributed by atoms with van der Waals surface area (Å²) in [6.45, 7) is -0.978. The summed E-state index contributed by atoms with van der Waals surface area (Å²) < 4.78 is 29.2. The molecule has 1 saturated heterocycles. The quantitative estimate of drug-likeness (QED) is 0.909. The molecule has 1 fully saturated rings. The molecule has 24 heavy (non-hydrogen) atoms. The number of benzene rings is 1. The molecule has 2 heterocycles. The fraction of sp³-hybridized carbons (Fsp3) is 0.294. The molecule has 0 bridgehead atoms. The first-order valence-corrected chi connectivity index (χ1v) is 7.69. The van der Waals surface area contributed by atoms with E-state index in [0.29, 0.717) is 5.82 Å². The monoisotopic (exact) mass is 333 g/mol. The summed E-state index contributed by atoms with van der Waals surface area (Å²) in [7, 11) is 0. The SMILES string of the molecule is O=C(Nc1ccc(N2CCCC2)cn1)c1ccccc1OC(F)F. The first kappa shape index (κ1) is 16.2. The Bertz CT molecular complexity index is 701. The number of nitrogens with one attached hydrogen (secondary N) is 1. The number of para-hydroxylation sites is 1. The van der Waals surface area contributed by atoms with Crippen LogP contribution >= 0.6 is 0 Å². The van der Waals surface area contributed by atoms with Crippen LogP contribution in [0.5, 0.6) is 5.75 Å². The van der Waals surface area contributed by atoms with E-state index >= 15 is 0 Å². The average Bonchev–Trinajstić information content (AvgIpc) is 3.10. The van der Waals surface area contributed by atoms with Crippen LogP contribution in [-0.2, 0) is 0 Å². The van der Waals surface area contributed by atoms with Gasteiger partial charge in [0.25, 0.3) is 5.91 Å². The number of amides is 1. The largest absolute Gasteiger partial charge is 0.434 e. The van der Waals surface area contributed by atoms with E-state index < -0.39 is 12.5 Å². The number of nitrogens with zero attached hydrogens (tertiary/aromatic N) is 2. The van der Waals surface area contributed by atoms with E-state index in [2.05, 4.69) is 19.9 Å². The van der Waals surface area contributed by atoms with Crippen molar-refractivity contribution in [1.29, 1.82) is 0 Å². The first-order valence-electron chi connectivity index (χ1n) is 7.69. The number of hydrogen-bond acceptors (Lipinski definition) is 4. The third-order valence-corrected chi connectivity index (χ3v) is 3.81. The number of pyridine rings is 1. The maximum Gasteiger partial charge on any atom is 0.387 e. The van der Waals surface area contributed by atoms with Crippen LogP contribution in [0.1, 0.15) is 23.2 Å². The van der Waals surface area contributed by atoms with Crippen LogP contribution in [0.2, 0.25) is 0 Å². The fourth-order valence-electron chi connectivity index (χ4n) is 2.66. The zero-order chi connectivity index (χ0) is 16.9. The summed E-state index contributed by atoms with van der Waals surface area (Å²) in [5, 5.41) is 2.60. The molecule has 1 N–H and O–H groups in total. The Labute approximate surface area is 138 Å². The van der Waals surface area contributed by atoms with Crippen molar-refractivity contribution in [2.45, 2.75) is 19.5 Å². The van der Waals surface area contributed by atoms with Gasteiger partial charge in [0.15, 0.2) is 0 Å². The number of carbonyl (C=O) groups is 1. The van der Waals surface area contributed by atoms with Crippen molar-refractivity contribution in [3.8, 4) is 5.75 Å². The van der Waals surface area contributed by atoms with Gasteiger partial charge in [0.05, 0.1) is 17.4 Å². The van der Waals surface area contributed by atoms with E-state index in [0.717, 1.165) is 18.8 Å². The zero-order valence-electron chi connectivity index (χ0n) is 12.9. The third-order valence-electron chi connectivity index (χ3n) is 3.81. The predicted octanol–water partition coefficient (Wildman–Crippen LogP) is 3.54. The molecule has 0 unspecified atom stereocenters. The van der Waals surface area contributed by atoms with Gasteiger partial charge >= 0.3 is 6.61 Å². The van der Waals surface area contributed by atoms with Crippen LogP contribution in [0, 0.1) is 0 Å². The van der Waals surface area contributed by atoms with E-state index in [1.165, 1.54) is 31.0 Å². The Morgan fingerprint density at radius 2 is 1.92 bits per heavy atom. The predicted molar refractivity (Wildman–Crippen MR) is 86.7 cm³/mol. The molecule has 1 aliphatic heterocycles. The summed E-state index contributed by atoms with van der Waals surface area (Å²) in [6, 6.07) is 9.43. The second-order valence-electron chi connectivity index (χ2n) is 5.42. The minimum Gasteiger partial charge on any atom is -0.434 e. The van der Waals surface area contributed by atoms with Crippen LogP contribution in [0.4, 0.5) is 20.3 Å². The standard InChI is InChI=1S/C17H17F2N3O2/c18-17(19)24-14-6-2-1-5-13(14)16(23)21-15-8-7-12(11-20-15)22-9-3-4-10-22/h1-2,5-8,11,17H,3-4,9-10H2,(H,20,21,23). The molecule has 7 heteroatoms. The molecule has 1 aromatic heterocycles. The van der Waals surface area contributed by atoms with Gasteiger partial charge < -0.3 is 15.0 Å². The summed E-state index contributed by atoms with van der Waals surface area (Å²) in [5.41, 5.74) is 1.04. The maximum absolute atomic E-state index is 12.4. The van der Waals surface area contributed by atoms with Crippen molar-refractivity contribution in [3.63, 3.8) is 0 Å². The number of alkyl halides is 2. The highest BCUT2D eigenvalue weighted by Gasteiger charge is 2.16. The topological polar surface area (TPSA) is 54.5 Å². The lowest BCUT2D eigenvalue weighted by atomic mass is 10.2. The van der Waals surface area contributed by atoms with Crippen LogP contribution in [0.15, 0.2) is 42.6 Å². The molecule has 0 spiro atoms. The second kappa shape index (κ2) is 7.25. The number of ether oxygens (including phenoxy) is 1. The Hall–Kier alpha value is -2.70. The van der Waals surface area contributed by atoms with Gasteiger partial charge in [0, 0.05) is 13.1 Å². The zero-order valence-corrected chi connectivity index (χ0v) is 12.9. The Kier molecular flexibility index (Phi) is 4.88. The highest BCUT2D eigenvalue weighted by molar-refractivity contribution is 6.05. The number of rotatable bonds is 5. The summed E-state index contributed by atoms with van der Waals surface area (Å²) in [5.74, 6) is -0.360. The molecular weight excluding hydrogens is 316 g/mol. The Morgan fingerprint density at radius 3 is 2.58 bits per heavy atom. The van der Waals surface area contributed by atoms with Crippen molar-refractivity contribution >= 4 is 17.4 Å². The number of carbonyl (C=O) groups excluding carboxylic acids is 1. The van der Waals surface area contributed by atoms with E-state index in [1.807, 2.05) is 6.07 Å². The molecule has 0 atom stereocenters. The molecule has 1 aliphatic rings. The molecular formula is C17H17F2N3O2. The highest BCUT2D eigenvalue weighted by atomic mass is 19.3. The Balaban J connectivity index is 1.70. The number of hydrogen-bond donors (Lipinski definition) is 1. The van der Waals surface area contributed by atoms with E-state index in [4.69, 9.17) is 0 Å². The van der Waals surface area contributed by atoms with Gasteiger partial charge in [-0.15, -0.1) is 0 Å². The minimum absolute atomic E-state index is 0.0308. The van der Waals surface area contributed by atoms with Gasteiger partial charge in [0.2, 0.25) is 0 Å². The summed E-state index contributed by atoms with van der Waals surface area (Å²) in [4.78, 5) is 18.7. The summed E-state index contributed by atoms with van der Waals surface area (Å²) in [6.07, 6.45) is 4.03. The molecule has 0 aliphatic carbocycles. The van der Waals surface area contributed by atoms with E-state index in [1.54, 1.807) is 18.3 Å². The van der Waals surface area contributed by atoms with Gasteiger partial charge in [-0.1, -0.05) is 12.1 Å². The van der Waals surface area contributed by atoms with E-state index in [9.17, 15) is 13.6 Å². The van der Waals surface area contributed by atoms with Gasteiger partial charge in [-0.2, -0.15) is 8.78 Å². The van der Waals surface area contributed by atoms with Crippen molar-refractivity contribution in [3.05, 3.63) is 48.2 Å². The van der Waals surface area contributed by atoms with Crippen molar-refractivity contribution in [2.75, 3.05) is 23.3 Å². The average molecular weight is 333 g/mol. The van der Waals surface area contributed by atoms with Crippen LogP contribution < -0.4 is 15.0 Å². The smallest absolute Gasteiger partial charge is 0.387 e. The number of aromatic nitrogens is 1. The molecule has 1 aromatic carbocycles. The minimum atomic E-state index is -2.99. The normalized spacial score (nSPS) is 14.0. The third kappa shape index (κ3) is 3.79. The lowest BCUT2D eigenvalue weighted by Gasteiger charge is -2.17. The van der Waals surface area contributed by atoms with Crippen molar-refractivity contribution in [1.82, 2.24) is 4.98 Å². The molecule has 5 nitrogen and oxygen atoms in total. The van der Waals surface area contributed by atoms with Crippen LogP contribution in [-0.4, -0.2) is 30.6 Å².